The van der Waals surface area contributed by atoms with Crippen LogP contribution in [0.3, 0.4) is 0 Å². The summed E-state index contributed by atoms with van der Waals surface area (Å²) in [5, 5.41) is 8.44. The second-order valence-electron chi connectivity index (χ2n) is 2.20. The van der Waals surface area contributed by atoms with Crippen molar-refractivity contribution in [3.8, 4) is 18.4 Å². The van der Waals surface area contributed by atoms with Gasteiger partial charge < -0.3 is 4.57 Å². The first-order valence-corrected chi connectivity index (χ1v) is 3.32. The first-order chi connectivity index (χ1) is 5.77. The van der Waals surface area contributed by atoms with Crippen LogP contribution in [-0.4, -0.2) is 4.57 Å². The van der Waals surface area contributed by atoms with E-state index in [4.69, 9.17) is 11.7 Å². The second kappa shape index (κ2) is 3.41. The van der Waals surface area contributed by atoms with E-state index in [1.807, 2.05) is 6.07 Å². The molecule has 0 fully saturated rings. The number of pyridine rings is 1. The Morgan fingerprint density at radius 2 is 2.42 bits per heavy atom. The van der Waals surface area contributed by atoms with Gasteiger partial charge in [-0.15, -0.1) is 6.42 Å². The highest BCUT2D eigenvalue weighted by molar-refractivity contribution is 5.25. The van der Waals surface area contributed by atoms with Crippen LogP contribution in [0.1, 0.15) is 5.56 Å². The molecule has 0 bridgehead atoms. The molecule has 1 aromatic rings. The highest BCUT2D eigenvalue weighted by atomic mass is 16.1. The largest absolute Gasteiger partial charge is 0.304 e. The van der Waals surface area contributed by atoms with Crippen molar-refractivity contribution in [1.29, 1.82) is 5.26 Å². The smallest absolute Gasteiger partial charge is 0.252 e. The van der Waals surface area contributed by atoms with E-state index in [2.05, 4.69) is 5.92 Å². The standard InChI is InChI=1S/C9H6N2O/c1-2-4-11-5-3-8(7-10)6-9(11)12/h1,3,5-6H,4H2. The third-order valence-corrected chi connectivity index (χ3v) is 1.39. The summed E-state index contributed by atoms with van der Waals surface area (Å²) in [6, 6.07) is 4.69. The van der Waals surface area contributed by atoms with Gasteiger partial charge in [-0.1, -0.05) is 5.92 Å². The predicted molar refractivity (Wildman–Crippen MR) is 44.3 cm³/mol. The van der Waals surface area contributed by atoms with Gasteiger partial charge in [0.15, 0.2) is 0 Å². The molecule has 1 heterocycles. The number of rotatable bonds is 1. The SMILES string of the molecule is C#CCn1ccc(C#N)cc1=O. The van der Waals surface area contributed by atoms with E-state index < -0.39 is 0 Å². The Hall–Kier alpha value is -2.00. The fourth-order valence-electron chi connectivity index (χ4n) is 0.806. The van der Waals surface area contributed by atoms with Crippen molar-refractivity contribution in [1.82, 2.24) is 4.57 Å². The average molecular weight is 158 g/mol. The van der Waals surface area contributed by atoms with Crippen LogP contribution in [0.4, 0.5) is 0 Å². The maximum Gasteiger partial charge on any atom is 0.252 e. The Labute approximate surface area is 69.9 Å². The normalized spacial score (nSPS) is 8.50. The van der Waals surface area contributed by atoms with Gasteiger partial charge in [-0.05, 0) is 6.07 Å². The maximum absolute atomic E-state index is 11.1. The second-order valence-corrected chi connectivity index (χ2v) is 2.20. The molecular formula is C9H6N2O. The molecule has 0 atom stereocenters. The monoisotopic (exact) mass is 158 g/mol. The van der Waals surface area contributed by atoms with Crippen molar-refractivity contribution in [3.05, 3.63) is 34.2 Å². The van der Waals surface area contributed by atoms with Gasteiger partial charge in [-0.25, -0.2) is 0 Å². The van der Waals surface area contributed by atoms with Gasteiger partial charge in [0.2, 0.25) is 0 Å². The van der Waals surface area contributed by atoms with Crippen molar-refractivity contribution < 1.29 is 0 Å². The Balaban J connectivity index is 3.17. The van der Waals surface area contributed by atoms with Gasteiger partial charge in [0.05, 0.1) is 18.2 Å². The fourth-order valence-corrected chi connectivity index (χ4v) is 0.806. The molecule has 0 aliphatic carbocycles. The molecular weight excluding hydrogens is 152 g/mol. The van der Waals surface area contributed by atoms with Crippen LogP contribution in [-0.2, 0) is 6.54 Å². The average Bonchev–Trinajstić information content (AvgIpc) is 2.09. The van der Waals surface area contributed by atoms with E-state index in [9.17, 15) is 4.79 Å². The summed E-state index contributed by atoms with van der Waals surface area (Å²) in [5.74, 6) is 2.34. The highest BCUT2D eigenvalue weighted by Crippen LogP contribution is 1.90. The molecule has 3 heteroatoms. The van der Waals surface area contributed by atoms with Crippen LogP contribution in [0.2, 0.25) is 0 Å². The quantitative estimate of drug-likeness (QED) is 0.554. The molecule has 0 spiro atoms. The number of hydrogen-bond acceptors (Lipinski definition) is 2. The lowest BCUT2D eigenvalue weighted by atomic mass is 10.3. The number of nitriles is 1. The van der Waals surface area contributed by atoms with Gasteiger partial charge in [-0.2, -0.15) is 5.26 Å². The summed E-state index contributed by atoms with van der Waals surface area (Å²) >= 11 is 0. The Bertz CT molecular complexity index is 417. The predicted octanol–water partition coefficient (Wildman–Crippen LogP) is 0.353. The zero-order chi connectivity index (χ0) is 8.97. The lowest BCUT2D eigenvalue weighted by Gasteiger charge is -1.97. The van der Waals surface area contributed by atoms with Crippen molar-refractivity contribution >= 4 is 0 Å². The fraction of sp³-hybridized carbons (Fsp3) is 0.111. The number of terminal acetylenes is 1. The number of nitrogens with zero attached hydrogens (tertiary/aromatic N) is 2. The van der Waals surface area contributed by atoms with Gasteiger partial charge in [-0.3, -0.25) is 4.79 Å². The van der Waals surface area contributed by atoms with Crippen molar-refractivity contribution in [2.75, 3.05) is 0 Å². The van der Waals surface area contributed by atoms with Crippen molar-refractivity contribution in [2.24, 2.45) is 0 Å². The van der Waals surface area contributed by atoms with E-state index >= 15 is 0 Å². The maximum atomic E-state index is 11.1. The summed E-state index contributed by atoms with van der Waals surface area (Å²) in [6.45, 7) is 0.241. The Morgan fingerprint density at radius 1 is 1.67 bits per heavy atom. The molecule has 0 saturated carbocycles. The summed E-state index contributed by atoms with van der Waals surface area (Å²) < 4.78 is 1.36. The molecule has 0 aliphatic rings. The van der Waals surface area contributed by atoms with Crippen molar-refractivity contribution in [2.45, 2.75) is 6.54 Å². The van der Waals surface area contributed by atoms with Crippen LogP contribution in [0.25, 0.3) is 0 Å². The third-order valence-electron chi connectivity index (χ3n) is 1.39. The minimum Gasteiger partial charge on any atom is -0.304 e. The first-order valence-electron chi connectivity index (χ1n) is 3.32. The van der Waals surface area contributed by atoms with Crippen LogP contribution < -0.4 is 5.56 Å². The van der Waals surface area contributed by atoms with Crippen LogP contribution in [0, 0.1) is 23.7 Å². The third kappa shape index (κ3) is 1.53. The summed E-state index contributed by atoms with van der Waals surface area (Å²) in [4.78, 5) is 11.1. The molecule has 0 saturated heterocycles. The zero-order valence-electron chi connectivity index (χ0n) is 6.32. The number of hydrogen-bond donors (Lipinski definition) is 0. The minimum absolute atomic E-state index is 0.241. The van der Waals surface area contributed by atoms with Gasteiger partial charge in [0.1, 0.15) is 0 Å². The Kier molecular flexibility index (Phi) is 2.30. The van der Waals surface area contributed by atoms with Gasteiger partial charge in [0.25, 0.3) is 5.56 Å². The lowest BCUT2D eigenvalue weighted by Crippen LogP contribution is -2.17. The van der Waals surface area contributed by atoms with Crippen LogP contribution in [0.15, 0.2) is 23.1 Å². The first kappa shape index (κ1) is 8.10. The van der Waals surface area contributed by atoms with E-state index in [1.54, 1.807) is 6.07 Å². The van der Waals surface area contributed by atoms with Gasteiger partial charge >= 0.3 is 0 Å². The summed E-state index contributed by atoms with van der Waals surface area (Å²) in [6.07, 6.45) is 6.54. The zero-order valence-corrected chi connectivity index (χ0v) is 6.32. The minimum atomic E-state index is -0.244. The van der Waals surface area contributed by atoms with Gasteiger partial charge in [0, 0.05) is 12.3 Å². The van der Waals surface area contributed by atoms with E-state index in [0.29, 0.717) is 5.56 Å². The molecule has 0 unspecified atom stereocenters. The van der Waals surface area contributed by atoms with E-state index in [0.717, 1.165) is 0 Å². The number of aromatic nitrogens is 1. The van der Waals surface area contributed by atoms with Crippen LogP contribution >= 0.6 is 0 Å². The van der Waals surface area contributed by atoms with E-state index in [-0.39, 0.29) is 12.1 Å². The molecule has 3 nitrogen and oxygen atoms in total. The highest BCUT2D eigenvalue weighted by Gasteiger charge is 1.94. The summed E-state index contributed by atoms with van der Waals surface area (Å²) in [5.41, 5.74) is 0.111. The molecule has 1 rings (SSSR count). The molecule has 0 radical (unpaired) electrons. The molecule has 58 valence electrons. The molecule has 0 N–H and O–H groups in total. The van der Waals surface area contributed by atoms with E-state index in [1.165, 1.54) is 16.8 Å². The molecule has 0 aromatic carbocycles. The topological polar surface area (TPSA) is 45.8 Å². The summed E-state index contributed by atoms with van der Waals surface area (Å²) in [7, 11) is 0. The molecule has 1 aromatic heterocycles. The molecule has 0 amide bonds. The Morgan fingerprint density at radius 3 is 2.92 bits per heavy atom. The molecule has 0 aliphatic heterocycles. The van der Waals surface area contributed by atoms with Crippen molar-refractivity contribution in [3.63, 3.8) is 0 Å². The van der Waals surface area contributed by atoms with Crippen LogP contribution in [0.5, 0.6) is 0 Å². The lowest BCUT2D eigenvalue weighted by molar-refractivity contribution is 0.795. The molecule has 12 heavy (non-hydrogen) atoms.